The molecule has 0 aromatic carbocycles. The highest BCUT2D eigenvalue weighted by molar-refractivity contribution is 5.85. The van der Waals surface area contributed by atoms with Crippen LogP contribution in [-0.2, 0) is 9.53 Å². The molecule has 2 saturated heterocycles. The van der Waals surface area contributed by atoms with Gasteiger partial charge in [-0.05, 0) is 19.3 Å². The zero-order chi connectivity index (χ0) is 17.6. The number of likely N-dealkylation sites (tertiary alicyclic amines) is 1. The highest BCUT2D eigenvalue weighted by Gasteiger charge is 2.30. The number of amides is 1. The third-order valence-electron chi connectivity index (χ3n) is 5.20. The molecule has 7 heteroatoms. The van der Waals surface area contributed by atoms with Crippen molar-refractivity contribution in [3.8, 4) is 0 Å². The van der Waals surface area contributed by atoms with Gasteiger partial charge < -0.3 is 19.9 Å². The van der Waals surface area contributed by atoms with E-state index in [1.165, 1.54) is 0 Å². The van der Waals surface area contributed by atoms with Gasteiger partial charge in [0.05, 0.1) is 6.10 Å². The van der Waals surface area contributed by atoms with Crippen molar-refractivity contribution in [2.75, 3.05) is 60.0 Å². The van der Waals surface area contributed by atoms with E-state index in [0.29, 0.717) is 6.04 Å². The van der Waals surface area contributed by atoms with Gasteiger partial charge in [-0.25, -0.2) is 4.99 Å². The van der Waals surface area contributed by atoms with Crippen molar-refractivity contribution in [2.45, 2.75) is 31.4 Å². The minimum absolute atomic E-state index is 0.0240. The summed E-state index contributed by atoms with van der Waals surface area (Å²) >= 11 is 0. The molecule has 1 N–H and O–H groups in total. The molecule has 25 heavy (non-hydrogen) atoms. The number of hydrogen-bond donors (Lipinski definition) is 1. The molecule has 3 rings (SSSR count). The summed E-state index contributed by atoms with van der Waals surface area (Å²) in [5.74, 6) is 0.872. The number of aliphatic imine (C=N–C) groups is 1. The van der Waals surface area contributed by atoms with Crippen molar-refractivity contribution in [3.63, 3.8) is 0 Å². The summed E-state index contributed by atoms with van der Waals surface area (Å²) in [6.45, 7) is 5.85. The summed E-state index contributed by atoms with van der Waals surface area (Å²) in [6, 6.07) is 0.564. The van der Waals surface area contributed by atoms with Crippen LogP contribution in [0.25, 0.3) is 0 Å². The number of nitrogens with one attached hydrogen (secondary N) is 1. The third kappa shape index (κ3) is 4.95. The number of carbonyl (C=O) groups excluding carboxylic acids is 1. The predicted molar refractivity (Wildman–Crippen MR) is 98.7 cm³/mol. The van der Waals surface area contributed by atoms with Crippen LogP contribution in [0.1, 0.15) is 19.3 Å². The molecule has 3 aliphatic rings. The zero-order valence-electron chi connectivity index (χ0n) is 15.5. The van der Waals surface area contributed by atoms with E-state index in [-0.39, 0.29) is 18.6 Å². The fourth-order valence-electron chi connectivity index (χ4n) is 3.59. The number of likely N-dealkylation sites (N-methyl/N-ethyl adjacent to an activating group) is 1. The molecule has 140 valence electrons. The number of carbonyl (C=O) groups is 1. The number of guanidine groups is 1. The van der Waals surface area contributed by atoms with E-state index in [9.17, 15) is 4.79 Å². The van der Waals surface area contributed by atoms with E-state index in [1.54, 1.807) is 19.0 Å². The van der Waals surface area contributed by atoms with Gasteiger partial charge in [-0.2, -0.15) is 0 Å². The normalized spacial score (nSPS) is 27.3. The van der Waals surface area contributed by atoms with Crippen LogP contribution in [0.4, 0.5) is 0 Å². The molecule has 0 spiro atoms. The Labute approximate surface area is 150 Å². The zero-order valence-corrected chi connectivity index (χ0v) is 15.5. The minimum Gasteiger partial charge on any atom is -0.376 e. The molecule has 2 unspecified atom stereocenters. The summed E-state index contributed by atoms with van der Waals surface area (Å²) in [5.41, 5.74) is 0. The fourth-order valence-corrected chi connectivity index (χ4v) is 3.59. The third-order valence-corrected chi connectivity index (χ3v) is 5.20. The van der Waals surface area contributed by atoms with E-state index in [0.717, 1.165) is 64.6 Å². The number of hydrogen-bond acceptors (Lipinski definition) is 4. The molecule has 0 aliphatic carbocycles. The Hall–Kier alpha value is -1.60. The first-order chi connectivity index (χ1) is 12.1. The van der Waals surface area contributed by atoms with Crippen LogP contribution >= 0.6 is 0 Å². The lowest BCUT2D eigenvalue weighted by molar-refractivity contribution is -0.127. The van der Waals surface area contributed by atoms with Crippen LogP contribution < -0.4 is 5.32 Å². The van der Waals surface area contributed by atoms with E-state index in [1.807, 2.05) is 0 Å². The van der Waals surface area contributed by atoms with E-state index in [2.05, 4.69) is 32.3 Å². The predicted octanol–water partition coefficient (Wildman–Crippen LogP) is 0.145. The molecule has 0 radical (unpaired) electrons. The molecule has 2 atom stereocenters. The summed E-state index contributed by atoms with van der Waals surface area (Å²) in [4.78, 5) is 22.9. The average Bonchev–Trinajstić information content (AvgIpc) is 3.35. The smallest absolute Gasteiger partial charge is 0.243 e. The highest BCUT2D eigenvalue weighted by atomic mass is 16.5. The van der Waals surface area contributed by atoms with Crippen LogP contribution in [0.5, 0.6) is 0 Å². The second-order valence-electron chi connectivity index (χ2n) is 7.26. The monoisotopic (exact) mass is 349 g/mol. The Balaban J connectivity index is 1.58. The molecule has 1 amide bonds. The molecule has 7 nitrogen and oxygen atoms in total. The van der Waals surface area contributed by atoms with E-state index >= 15 is 0 Å². The first kappa shape index (κ1) is 18.2. The van der Waals surface area contributed by atoms with Gasteiger partial charge in [0.1, 0.15) is 6.54 Å². The summed E-state index contributed by atoms with van der Waals surface area (Å²) in [6.07, 6.45) is 8.11. The van der Waals surface area contributed by atoms with Gasteiger partial charge in [0.15, 0.2) is 5.96 Å². The van der Waals surface area contributed by atoms with Crippen LogP contribution in [0.2, 0.25) is 0 Å². The fraction of sp³-hybridized carbons (Fsp3) is 0.778. The maximum atomic E-state index is 11.9. The maximum Gasteiger partial charge on any atom is 0.243 e. The van der Waals surface area contributed by atoms with Crippen molar-refractivity contribution in [3.05, 3.63) is 12.2 Å². The van der Waals surface area contributed by atoms with Crippen LogP contribution in [0.3, 0.4) is 0 Å². The van der Waals surface area contributed by atoms with Crippen LogP contribution in [-0.4, -0.2) is 98.7 Å². The number of ether oxygens (including phenoxy) is 1. The Morgan fingerprint density at radius 3 is 2.80 bits per heavy atom. The van der Waals surface area contributed by atoms with Gasteiger partial charge in [0, 0.05) is 59.5 Å². The topological polar surface area (TPSA) is 60.4 Å². The van der Waals surface area contributed by atoms with Gasteiger partial charge in [0.25, 0.3) is 0 Å². The lowest BCUT2D eigenvalue weighted by atomic mass is 10.2. The second kappa shape index (κ2) is 8.67. The Bertz CT molecular complexity index is 506. The van der Waals surface area contributed by atoms with Gasteiger partial charge >= 0.3 is 0 Å². The molecule has 3 heterocycles. The van der Waals surface area contributed by atoms with Gasteiger partial charge in [-0.3, -0.25) is 9.69 Å². The van der Waals surface area contributed by atoms with Crippen LogP contribution in [0, 0.1) is 0 Å². The van der Waals surface area contributed by atoms with Gasteiger partial charge in [-0.1, -0.05) is 12.2 Å². The average molecular weight is 349 g/mol. The van der Waals surface area contributed by atoms with Crippen molar-refractivity contribution in [1.82, 2.24) is 20.0 Å². The van der Waals surface area contributed by atoms with Gasteiger partial charge in [-0.15, -0.1) is 0 Å². The molecular formula is C18H31N5O2. The molecule has 3 aliphatic heterocycles. The quantitative estimate of drug-likeness (QED) is 0.435. The first-order valence-corrected chi connectivity index (χ1v) is 9.37. The molecule has 0 saturated carbocycles. The number of nitrogens with zero attached hydrogens (tertiary/aromatic N) is 4. The molecule has 2 fully saturated rings. The van der Waals surface area contributed by atoms with E-state index < -0.39 is 0 Å². The SMILES string of the molecule is CN(C)C(=O)CN=C(NCC1CCCO1)N1CCC(N2CC=CC2)C1. The largest absolute Gasteiger partial charge is 0.376 e. The van der Waals surface area contributed by atoms with Gasteiger partial charge in [0.2, 0.25) is 5.91 Å². The Morgan fingerprint density at radius 2 is 2.12 bits per heavy atom. The van der Waals surface area contributed by atoms with Crippen molar-refractivity contribution >= 4 is 11.9 Å². The standard InChI is InChI=1S/C18H31N5O2/c1-21(2)17(24)13-20-18(19-12-16-6-5-11-25-16)23-10-7-15(14-23)22-8-3-4-9-22/h3-4,15-16H,5-14H2,1-2H3,(H,19,20). The first-order valence-electron chi connectivity index (χ1n) is 9.37. The number of rotatable bonds is 5. The molecule has 0 aromatic heterocycles. The van der Waals surface area contributed by atoms with Crippen LogP contribution in [0.15, 0.2) is 17.1 Å². The highest BCUT2D eigenvalue weighted by Crippen LogP contribution is 2.18. The molecular weight excluding hydrogens is 318 g/mol. The van der Waals surface area contributed by atoms with Crippen molar-refractivity contribution in [2.24, 2.45) is 4.99 Å². The maximum absolute atomic E-state index is 11.9. The van der Waals surface area contributed by atoms with E-state index in [4.69, 9.17) is 4.74 Å². The lowest BCUT2D eigenvalue weighted by Gasteiger charge is -2.26. The second-order valence-corrected chi connectivity index (χ2v) is 7.26. The molecule has 0 aromatic rings. The minimum atomic E-state index is 0.0240. The molecule has 0 bridgehead atoms. The lowest BCUT2D eigenvalue weighted by Crippen LogP contribution is -2.45. The Kier molecular flexibility index (Phi) is 6.31. The summed E-state index contributed by atoms with van der Waals surface area (Å²) in [5, 5.41) is 3.46. The van der Waals surface area contributed by atoms with Crippen molar-refractivity contribution < 1.29 is 9.53 Å². The summed E-state index contributed by atoms with van der Waals surface area (Å²) in [7, 11) is 3.53. The Morgan fingerprint density at radius 1 is 1.32 bits per heavy atom. The van der Waals surface area contributed by atoms with Crippen molar-refractivity contribution in [1.29, 1.82) is 0 Å². The summed E-state index contributed by atoms with van der Waals surface area (Å²) < 4.78 is 5.70.